The Hall–Kier alpha value is -3.06. The summed E-state index contributed by atoms with van der Waals surface area (Å²) in [6.45, 7) is 6.19. The summed E-state index contributed by atoms with van der Waals surface area (Å²) in [4.78, 5) is 32.9. The van der Waals surface area contributed by atoms with Gasteiger partial charge in [0.05, 0.1) is 39.3 Å². The molecule has 39 heavy (non-hydrogen) atoms. The zero-order valence-corrected chi connectivity index (χ0v) is 23.6. The number of amides is 2. The van der Waals surface area contributed by atoms with Gasteiger partial charge in [0.15, 0.2) is 5.13 Å². The Morgan fingerprint density at radius 2 is 1.67 bits per heavy atom. The molecule has 13 heteroatoms. The second-order valence-electron chi connectivity index (χ2n) is 9.95. The highest BCUT2D eigenvalue weighted by atomic mass is 32.2. The van der Waals surface area contributed by atoms with Crippen LogP contribution in [0.25, 0.3) is 0 Å². The van der Waals surface area contributed by atoms with E-state index < -0.39 is 11.7 Å². The topological polar surface area (TPSA) is 123 Å². The normalized spacial score (nSPS) is 11.9. The number of carbonyl (C=O) groups excluding carboxylic acids is 2. The third-order valence-corrected chi connectivity index (χ3v) is 7.66. The fourth-order valence-electron chi connectivity index (χ4n) is 3.41. The van der Waals surface area contributed by atoms with Crippen molar-refractivity contribution in [2.75, 3.05) is 16.4 Å². The molecule has 0 atom stereocenters. The highest BCUT2D eigenvalue weighted by molar-refractivity contribution is 8.00. The molecule has 0 unspecified atom stereocenters. The van der Waals surface area contributed by atoms with Crippen LogP contribution in [0.3, 0.4) is 0 Å². The van der Waals surface area contributed by atoms with Gasteiger partial charge in [-0.25, -0.2) is 9.97 Å². The predicted octanol–water partition coefficient (Wildman–Crippen LogP) is 7.24. The monoisotopic (exact) mass is 583 g/mol. The van der Waals surface area contributed by atoms with Crippen LogP contribution in [-0.4, -0.2) is 21.8 Å². The molecular weight excluding hydrogens is 551 g/mol. The summed E-state index contributed by atoms with van der Waals surface area (Å²) < 4.78 is 44.9. The number of aromatic nitrogens is 2. The molecule has 0 aliphatic rings. The Kier molecular flexibility index (Phi) is 10.4. The van der Waals surface area contributed by atoms with Crippen molar-refractivity contribution in [3.63, 3.8) is 0 Å². The number of unbranched alkanes of at least 4 members (excludes halogenated alkanes) is 3. The van der Waals surface area contributed by atoms with Crippen molar-refractivity contribution in [3.05, 3.63) is 47.8 Å². The minimum absolute atomic E-state index is 0.0974. The second-order valence-corrected chi connectivity index (χ2v) is 12.3. The lowest BCUT2D eigenvalue weighted by molar-refractivity contribution is -0.137. The molecular formula is C26H32F3N5O3S2. The van der Waals surface area contributed by atoms with E-state index in [1.807, 2.05) is 0 Å². The van der Waals surface area contributed by atoms with Crippen molar-refractivity contribution in [2.45, 2.75) is 80.8 Å². The molecule has 8 nitrogen and oxygen atoms in total. The van der Waals surface area contributed by atoms with Crippen LogP contribution in [-0.2, 0) is 26.9 Å². The van der Waals surface area contributed by atoms with Crippen molar-refractivity contribution < 1.29 is 27.2 Å². The number of nitrogens with one attached hydrogen (secondary N) is 2. The Balaban J connectivity index is 1.28. The number of rotatable bonds is 12. The quantitative estimate of drug-likeness (QED) is 0.117. The number of anilines is 3. The largest absolute Gasteiger partial charge is 0.444 e. The summed E-state index contributed by atoms with van der Waals surface area (Å²) in [6, 6.07) is 2.83. The van der Waals surface area contributed by atoms with Gasteiger partial charge in [-0.1, -0.05) is 44.9 Å². The number of thioether (sulfide) groups is 1. The molecule has 0 saturated carbocycles. The average Bonchev–Trinajstić information content (AvgIpc) is 3.50. The Morgan fingerprint density at radius 3 is 2.26 bits per heavy atom. The Labute approximate surface area is 233 Å². The maximum absolute atomic E-state index is 12.7. The molecule has 2 amide bonds. The molecule has 0 spiro atoms. The van der Waals surface area contributed by atoms with Gasteiger partial charge in [-0.05, 0) is 31.0 Å². The van der Waals surface area contributed by atoms with Crippen LogP contribution in [0.1, 0.15) is 76.5 Å². The fraction of sp³-hybridized carbons (Fsp3) is 0.462. The summed E-state index contributed by atoms with van der Waals surface area (Å²) in [5.74, 6) is 1.60. The number of carbonyl (C=O) groups is 2. The first-order valence-corrected chi connectivity index (χ1v) is 14.2. The van der Waals surface area contributed by atoms with Crippen LogP contribution in [0, 0.1) is 0 Å². The van der Waals surface area contributed by atoms with E-state index in [1.54, 1.807) is 24.2 Å². The second kappa shape index (κ2) is 13.3. The maximum Gasteiger partial charge on any atom is 0.416 e. The first kappa shape index (κ1) is 30.5. The Morgan fingerprint density at radius 1 is 1.00 bits per heavy atom. The number of halogens is 3. The van der Waals surface area contributed by atoms with Crippen LogP contribution < -0.4 is 16.4 Å². The molecule has 0 aliphatic carbocycles. The van der Waals surface area contributed by atoms with Gasteiger partial charge in [-0.3, -0.25) is 9.59 Å². The molecule has 3 rings (SSSR count). The smallest absolute Gasteiger partial charge is 0.416 e. The van der Waals surface area contributed by atoms with Gasteiger partial charge in [0, 0.05) is 18.3 Å². The van der Waals surface area contributed by atoms with Gasteiger partial charge < -0.3 is 20.8 Å². The van der Waals surface area contributed by atoms with Crippen LogP contribution in [0.5, 0.6) is 0 Å². The maximum atomic E-state index is 12.7. The van der Waals surface area contributed by atoms with Crippen molar-refractivity contribution in [2.24, 2.45) is 0 Å². The van der Waals surface area contributed by atoms with Gasteiger partial charge >= 0.3 is 6.18 Å². The van der Waals surface area contributed by atoms with E-state index in [4.69, 9.17) is 10.2 Å². The third-order valence-electron chi connectivity index (χ3n) is 5.57. The molecule has 0 fully saturated rings. The van der Waals surface area contributed by atoms with Crippen molar-refractivity contribution in [1.29, 1.82) is 0 Å². The number of hydrogen-bond donors (Lipinski definition) is 3. The van der Waals surface area contributed by atoms with Crippen LogP contribution >= 0.6 is 23.1 Å². The number of oxazole rings is 1. The Bertz CT molecular complexity index is 1270. The van der Waals surface area contributed by atoms with E-state index in [9.17, 15) is 22.8 Å². The molecule has 0 radical (unpaired) electrons. The minimum Gasteiger partial charge on any atom is -0.444 e. The summed E-state index contributed by atoms with van der Waals surface area (Å²) in [5, 5.41) is 5.88. The minimum atomic E-state index is -4.49. The van der Waals surface area contributed by atoms with Gasteiger partial charge in [0.2, 0.25) is 17.7 Å². The molecule has 2 aromatic heterocycles. The molecule has 3 aromatic rings. The SMILES string of the molecule is CC(C)(C)c1cnc(CSc2cnc(NC(=O)CCCCCCC(=O)Nc3ccc(C(F)(F)F)cc3N)s2)o1. The number of nitrogen functional groups attached to an aromatic ring is 1. The van der Waals surface area contributed by atoms with Gasteiger partial charge in [0.25, 0.3) is 0 Å². The van der Waals surface area contributed by atoms with Crippen molar-refractivity contribution in [3.8, 4) is 0 Å². The van der Waals surface area contributed by atoms with Crippen LogP contribution in [0.15, 0.2) is 39.2 Å². The van der Waals surface area contributed by atoms with E-state index in [0.717, 1.165) is 41.0 Å². The number of thiazole rings is 1. The number of alkyl halides is 3. The molecule has 4 N–H and O–H groups in total. The summed E-state index contributed by atoms with van der Waals surface area (Å²) in [7, 11) is 0. The fourth-order valence-corrected chi connectivity index (χ4v) is 5.15. The van der Waals surface area contributed by atoms with Crippen molar-refractivity contribution in [1.82, 2.24) is 9.97 Å². The molecule has 212 valence electrons. The highest BCUT2D eigenvalue weighted by Crippen LogP contribution is 2.33. The molecule has 0 aliphatic heterocycles. The average molecular weight is 584 g/mol. The highest BCUT2D eigenvalue weighted by Gasteiger charge is 2.30. The summed E-state index contributed by atoms with van der Waals surface area (Å²) >= 11 is 2.93. The number of nitrogens with two attached hydrogens (primary N) is 1. The van der Waals surface area contributed by atoms with Crippen molar-refractivity contribution >= 4 is 51.4 Å². The number of benzene rings is 1. The first-order valence-electron chi connectivity index (χ1n) is 12.4. The van der Waals surface area contributed by atoms with Gasteiger partial charge in [-0.15, -0.1) is 11.8 Å². The van der Waals surface area contributed by atoms with E-state index in [0.29, 0.717) is 36.0 Å². The lowest BCUT2D eigenvalue weighted by Gasteiger charge is -2.12. The lowest BCUT2D eigenvalue weighted by atomic mass is 9.94. The molecule has 0 saturated heterocycles. The van der Waals surface area contributed by atoms with E-state index >= 15 is 0 Å². The molecule has 2 heterocycles. The van der Waals surface area contributed by atoms with E-state index in [2.05, 4.69) is 41.4 Å². The van der Waals surface area contributed by atoms with Gasteiger partial charge in [0.1, 0.15) is 5.76 Å². The van der Waals surface area contributed by atoms with E-state index in [-0.39, 0.29) is 35.0 Å². The zero-order valence-electron chi connectivity index (χ0n) is 22.0. The number of hydrogen-bond acceptors (Lipinski definition) is 8. The first-order chi connectivity index (χ1) is 18.3. The van der Waals surface area contributed by atoms with Crippen LogP contribution in [0.2, 0.25) is 0 Å². The van der Waals surface area contributed by atoms with E-state index in [1.165, 1.54) is 11.3 Å². The lowest BCUT2D eigenvalue weighted by Crippen LogP contribution is -2.14. The summed E-state index contributed by atoms with van der Waals surface area (Å²) in [6.07, 6.45) is 2.25. The summed E-state index contributed by atoms with van der Waals surface area (Å²) in [5.41, 5.74) is 4.68. The molecule has 0 bridgehead atoms. The standard InChI is InChI=1S/C26H32F3N5O3S2/c1-25(2,3)19-13-31-22(37-19)15-38-23-14-32-24(39-23)34-21(36)9-7-5-4-6-8-20(35)33-18-11-10-16(12-17(18)30)26(27,28)29/h10-14H,4-9,15,30H2,1-3H3,(H,33,35)(H,32,34,36). The van der Waals surface area contributed by atoms with Gasteiger partial charge in [-0.2, -0.15) is 13.2 Å². The zero-order chi connectivity index (χ0) is 28.6. The van der Waals surface area contributed by atoms with Crippen LogP contribution in [0.4, 0.5) is 29.7 Å². The predicted molar refractivity (Wildman–Crippen MR) is 148 cm³/mol. The third kappa shape index (κ3) is 9.88. The number of nitrogens with zero attached hydrogens (tertiary/aromatic N) is 2. The molecule has 1 aromatic carbocycles.